The second-order valence-corrected chi connectivity index (χ2v) is 9.49. The Balaban J connectivity index is 1.54. The number of anilines is 1. The van der Waals surface area contributed by atoms with Crippen molar-refractivity contribution in [2.75, 3.05) is 11.9 Å². The second kappa shape index (κ2) is 7.56. The molecule has 0 spiro atoms. The number of H-pyrrole nitrogens is 1. The molecule has 1 aliphatic heterocycles. The number of aromatic amines is 1. The number of nitrogens with zero attached hydrogens (tertiary/aromatic N) is 1. The first kappa shape index (κ1) is 19.3. The third kappa shape index (κ3) is 3.56. The Labute approximate surface area is 187 Å². The van der Waals surface area contributed by atoms with Crippen LogP contribution in [0.4, 0.5) is 5.69 Å². The SMILES string of the molecule is NCCc1cc(NC2=NC3C=C(Cl)C(Cl)=CC3S2)cc2c1[nH]c1ccc(Cl)cc12. The smallest absolute Gasteiger partial charge is 0.162 e. The number of amidine groups is 1. The fourth-order valence-electron chi connectivity index (χ4n) is 3.81. The van der Waals surface area contributed by atoms with Gasteiger partial charge in [-0.15, -0.1) is 0 Å². The Hall–Kier alpha value is -1.63. The van der Waals surface area contributed by atoms with E-state index in [-0.39, 0.29) is 11.3 Å². The lowest BCUT2D eigenvalue weighted by Crippen LogP contribution is -2.16. The van der Waals surface area contributed by atoms with Gasteiger partial charge in [-0.25, -0.2) is 0 Å². The summed E-state index contributed by atoms with van der Waals surface area (Å²) >= 11 is 20.2. The summed E-state index contributed by atoms with van der Waals surface area (Å²) in [5.41, 5.74) is 10.1. The molecule has 2 aromatic carbocycles. The van der Waals surface area contributed by atoms with Crippen LogP contribution in [0.2, 0.25) is 5.02 Å². The van der Waals surface area contributed by atoms with E-state index in [9.17, 15) is 0 Å². The van der Waals surface area contributed by atoms with Crippen LogP contribution in [-0.4, -0.2) is 28.0 Å². The highest BCUT2D eigenvalue weighted by molar-refractivity contribution is 8.15. The van der Waals surface area contributed by atoms with Crippen LogP contribution in [0.25, 0.3) is 21.8 Å². The molecular weight excluding hydrogens is 447 g/mol. The number of fused-ring (bicyclic) bond motifs is 4. The average molecular weight is 464 g/mol. The van der Waals surface area contributed by atoms with Crippen molar-refractivity contribution in [3.63, 3.8) is 0 Å². The van der Waals surface area contributed by atoms with Crippen molar-refractivity contribution in [2.24, 2.45) is 10.7 Å². The summed E-state index contributed by atoms with van der Waals surface area (Å²) in [6.45, 7) is 0.571. The van der Waals surface area contributed by atoms with Crippen LogP contribution in [0, 0.1) is 0 Å². The molecule has 3 aromatic rings. The van der Waals surface area contributed by atoms with Crippen LogP contribution in [0.3, 0.4) is 0 Å². The molecule has 1 aliphatic carbocycles. The molecule has 29 heavy (non-hydrogen) atoms. The predicted molar refractivity (Wildman–Crippen MR) is 128 cm³/mol. The standard InChI is InChI=1S/C21H17Cl3N4S/c22-11-1-2-17-13(6-11)14-7-12(5-10(3-4-25)20(14)27-17)26-21-28-18-8-15(23)16(24)9-19(18)29-21/h1-2,5-9,18-19,27H,3-4,25H2,(H,26,28). The summed E-state index contributed by atoms with van der Waals surface area (Å²) in [5, 5.41) is 8.53. The van der Waals surface area contributed by atoms with Gasteiger partial charge < -0.3 is 16.0 Å². The van der Waals surface area contributed by atoms with Gasteiger partial charge in [-0.1, -0.05) is 46.6 Å². The number of benzene rings is 2. The topological polar surface area (TPSA) is 66.2 Å². The molecule has 0 amide bonds. The van der Waals surface area contributed by atoms with Crippen molar-refractivity contribution in [3.8, 4) is 0 Å². The summed E-state index contributed by atoms with van der Waals surface area (Å²) < 4.78 is 0. The molecule has 0 fully saturated rings. The molecule has 0 bridgehead atoms. The fraction of sp³-hybridized carbons (Fsp3) is 0.190. The van der Waals surface area contributed by atoms with Crippen molar-refractivity contribution in [1.82, 2.24) is 4.98 Å². The van der Waals surface area contributed by atoms with Crippen molar-refractivity contribution in [2.45, 2.75) is 17.7 Å². The Kier molecular flexibility index (Phi) is 5.04. The van der Waals surface area contributed by atoms with Crippen molar-refractivity contribution in [1.29, 1.82) is 0 Å². The van der Waals surface area contributed by atoms with E-state index in [1.807, 2.05) is 30.4 Å². The van der Waals surface area contributed by atoms with E-state index in [1.54, 1.807) is 11.8 Å². The van der Waals surface area contributed by atoms with E-state index in [4.69, 9.17) is 45.5 Å². The number of halogens is 3. The lowest BCUT2D eigenvalue weighted by atomic mass is 10.1. The van der Waals surface area contributed by atoms with Crippen LogP contribution in [0.5, 0.6) is 0 Å². The molecule has 0 radical (unpaired) electrons. The molecule has 0 saturated carbocycles. The number of rotatable bonds is 3. The number of hydrogen-bond acceptors (Lipinski definition) is 4. The summed E-state index contributed by atoms with van der Waals surface area (Å²) in [7, 11) is 0. The molecule has 4 nitrogen and oxygen atoms in total. The van der Waals surface area contributed by atoms with Gasteiger partial charge >= 0.3 is 0 Å². The summed E-state index contributed by atoms with van der Waals surface area (Å²) in [6, 6.07) is 10.1. The zero-order valence-corrected chi connectivity index (χ0v) is 18.3. The van der Waals surface area contributed by atoms with Crippen LogP contribution >= 0.6 is 46.6 Å². The molecule has 4 N–H and O–H groups in total. The number of aliphatic imine (C=N–C) groups is 1. The van der Waals surface area contributed by atoms with Gasteiger partial charge in [0.1, 0.15) is 0 Å². The maximum absolute atomic E-state index is 6.24. The molecule has 8 heteroatoms. The monoisotopic (exact) mass is 462 g/mol. The van der Waals surface area contributed by atoms with Gasteiger partial charge in [0.15, 0.2) is 5.17 Å². The highest BCUT2D eigenvalue weighted by atomic mass is 35.5. The highest BCUT2D eigenvalue weighted by Crippen LogP contribution is 2.38. The Bertz CT molecular complexity index is 1230. The zero-order chi connectivity index (χ0) is 20.1. The summed E-state index contributed by atoms with van der Waals surface area (Å²) in [5.74, 6) is 0. The van der Waals surface area contributed by atoms with Gasteiger partial charge in [-0.3, -0.25) is 4.99 Å². The van der Waals surface area contributed by atoms with Gasteiger partial charge in [-0.05, 0) is 61.0 Å². The highest BCUT2D eigenvalue weighted by Gasteiger charge is 2.31. The van der Waals surface area contributed by atoms with Gasteiger partial charge in [0.05, 0.1) is 21.4 Å². The maximum atomic E-state index is 6.24. The number of allylic oxidation sites excluding steroid dienone is 2. The molecule has 2 heterocycles. The first-order chi connectivity index (χ1) is 14.0. The van der Waals surface area contributed by atoms with E-state index < -0.39 is 0 Å². The molecular formula is C21H17Cl3N4S. The number of thioether (sulfide) groups is 1. The third-order valence-corrected chi connectivity index (χ3v) is 7.23. The first-order valence-electron chi connectivity index (χ1n) is 9.22. The van der Waals surface area contributed by atoms with E-state index in [0.717, 1.165) is 44.6 Å². The van der Waals surface area contributed by atoms with Crippen molar-refractivity contribution >= 4 is 79.2 Å². The van der Waals surface area contributed by atoms with Crippen molar-refractivity contribution < 1.29 is 0 Å². The lowest BCUT2D eigenvalue weighted by molar-refractivity contribution is 0.857. The molecule has 5 rings (SSSR count). The molecule has 2 aliphatic rings. The Morgan fingerprint density at radius 2 is 1.90 bits per heavy atom. The largest absolute Gasteiger partial charge is 0.354 e. The predicted octanol–water partition coefficient (Wildman–Crippen LogP) is 5.99. The number of hydrogen-bond donors (Lipinski definition) is 3. The normalized spacial score (nSPS) is 21.2. The third-order valence-electron chi connectivity index (χ3n) is 5.12. The minimum atomic E-state index is -0.00311. The molecule has 0 saturated heterocycles. The van der Waals surface area contributed by atoms with Crippen LogP contribution in [-0.2, 0) is 6.42 Å². The summed E-state index contributed by atoms with van der Waals surface area (Å²) in [6.07, 6.45) is 4.64. The molecule has 1 aromatic heterocycles. The second-order valence-electron chi connectivity index (χ2n) is 7.07. The molecule has 2 atom stereocenters. The summed E-state index contributed by atoms with van der Waals surface area (Å²) in [4.78, 5) is 8.27. The number of nitrogens with one attached hydrogen (secondary N) is 2. The number of nitrogens with two attached hydrogens (primary N) is 1. The van der Waals surface area contributed by atoms with Gasteiger partial charge in [0, 0.05) is 32.5 Å². The quantitative estimate of drug-likeness (QED) is 0.447. The van der Waals surface area contributed by atoms with Gasteiger partial charge in [0.2, 0.25) is 0 Å². The minimum Gasteiger partial charge on any atom is -0.354 e. The first-order valence-corrected chi connectivity index (χ1v) is 11.2. The molecule has 148 valence electrons. The van der Waals surface area contributed by atoms with Crippen LogP contribution in [0.15, 0.2) is 57.5 Å². The van der Waals surface area contributed by atoms with Crippen LogP contribution in [0.1, 0.15) is 5.56 Å². The van der Waals surface area contributed by atoms with Crippen molar-refractivity contribution in [3.05, 3.63) is 63.1 Å². The molecule has 2 unspecified atom stereocenters. The van der Waals surface area contributed by atoms with E-state index in [1.165, 1.54) is 0 Å². The average Bonchev–Trinajstić information content (AvgIpc) is 3.23. The van der Waals surface area contributed by atoms with Gasteiger partial charge in [0.25, 0.3) is 0 Å². The van der Waals surface area contributed by atoms with Crippen LogP contribution < -0.4 is 11.1 Å². The maximum Gasteiger partial charge on any atom is 0.162 e. The van der Waals surface area contributed by atoms with E-state index in [0.29, 0.717) is 21.6 Å². The number of aromatic nitrogens is 1. The fourth-order valence-corrected chi connectivity index (χ4v) is 5.55. The Morgan fingerprint density at radius 3 is 2.72 bits per heavy atom. The van der Waals surface area contributed by atoms with Gasteiger partial charge in [-0.2, -0.15) is 0 Å². The van der Waals surface area contributed by atoms with E-state index in [2.05, 4.69) is 22.4 Å². The minimum absolute atomic E-state index is 0.00311. The lowest BCUT2D eigenvalue weighted by Gasteiger charge is -2.15. The Morgan fingerprint density at radius 1 is 1.07 bits per heavy atom. The zero-order valence-electron chi connectivity index (χ0n) is 15.2. The van der Waals surface area contributed by atoms with E-state index >= 15 is 0 Å².